The average Bonchev–Trinajstić information content (AvgIpc) is 2.71. The van der Waals surface area contributed by atoms with E-state index in [-0.39, 0.29) is 24.5 Å². The van der Waals surface area contributed by atoms with E-state index in [1.807, 2.05) is 0 Å². The largest absolute Gasteiger partial charge is 0.382 e. The van der Waals surface area contributed by atoms with Gasteiger partial charge in [-0.3, -0.25) is 4.79 Å². The van der Waals surface area contributed by atoms with Crippen molar-refractivity contribution < 1.29 is 14.3 Å². The Morgan fingerprint density at radius 2 is 2.31 bits per heavy atom. The van der Waals surface area contributed by atoms with Gasteiger partial charge in [-0.15, -0.1) is 0 Å². The van der Waals surface area contributed by atoms with Crippen LogP contribution in [0.5, 0.6) is 0 Å². The summed E-state index contributed by atoms with van der Waals surface area (Å²) in [6, 6.07) is 2.22. The molecule has 1 amide bonds. The number of carbonyl (C=O) groups excluding carboxylic acids is 1. The predicted octanol–water partition coefficient (Wildman–Crippen LogP) is 0.458. The molecule has 5 nitrogen and oxygen atoms in total. The SMILES string of the molecule is COCCOCC(=O)NC1CCCC1C#N. The molecule has 0 aromatic rings. The van der Waals surface area contributed by atoms with Gasteiger partial charge < -0.3 is 14.8 Å². The molecule has 5 heteroatoms. The van der Waals surface area contributed by atoms with Crippen LogP contribution in [0.4, 0.5) is 0 Å². The van der Waals surface area contributed by atoms with E-state index < -0.39 is 0 Å². The molecule has 0 bridgehead atoms. The lowest BCUT2D eigenvalue weighted by Gasteiger charge is -2.15. The second-order valence-corrected chi connectivity index (χ2v) is 3.89. The van der Waals surface area contributed by atoms with Crippen LogP contribution in [0.15, 0.2) is 0 Å². The first kappa shape index (κ1) is 12.9. The van der Waals surface area contributed by atoms with E-state index in [1.54, 1.807) is 7.11 Å². The van der Waals surface area contributed by atoms with Crippen LogP contribution in [-0.4, -0.2) is 38.9 Å². The highest BCUT2D eigenvalue weighted by Crippen LogP contribution is 2.24. The monoisotopic (exact) mass is 226 g/mol. The van der Waals surface area contributed by atoms with Crippen molar-refractivity contribution in [2.45, 2.75) is 25.3 Å². The van der Waals surface area contributed by atoms with Crippen LogP contribution in [0.2, 0.25) is 0 Å². The van der Waals surface area contributed by atoms with Crippen molar-refractivity contribution in [1.29, 1.82) is 5.26 Å². The third kappa shape index (κ3) is 4.17. The summed E-state index contributed by atoms with van der Waals surface area (Å²) in [6.07, 6.45) is 2.78. The number of hydrogen-bond acceptors (Lipinski definition) is 4. The number of nitriles is 1. The standard InChI is InChI=1S/C11H18N2O3/c1-15-5-6-16-8-11(14)13-10-4-2-3-9(10)7-12/h9-10H,2-6,8H2,1H3,(H,13,14). The topological polar surface area (TPSA) is 71.3 Å². The molecule has 2 unspecified atom stereocenters. The zero-order valence-corrected chi connectivity index (χ0v) is 9.57. The van der Waals surface area contributed by atoms with Crippen LogP contribution >= 0.6 is 0 Å². The number of methoxy groups -OCH3 is 1. The van der Waals surface area contributed by atoms with Gasteiger partial charge in [0.2, 0.25) is 5.91 Å². The number of nitrogens with one attached hydrogen (secondary N) is 1. The van der Waals surface area contributed by atoms with Gasteiger partial charge in [0, 0.05) is 13.2 Å². The number of hydrogen-bond donors (Lipinski definition) is 1. The first-order valence-electron chi connectivity index (χ1n) is 5.53. The summed E-state index contributed by atoms with van der Waals surface area (Å²) in [6.45, 7) is 0.936. The third-order valence-corrected chi connectivity index (χ3v) is 2.69. The van der Waals surface area contributed by atoms with E-state index in [9.17, 15) is 4.79 Å². The minimum Gasteiger partial charge on any atom is -0.382 e. The van der Waals surface area contributed by atoms with Gasteiger partial charge >= 0.3 is 0 Å². The second kappa shape index (κ2) is 7.20. The molecule has 0 aromatic carbocycles. The maximum absolute atomic E-state index is 11.4. The third-order valence-electron chi connectivity index (χ3n) is 2.69. The molecule has 16 heavy (non-hydrogen) atoms. The van der Waals surface area contributed by atoms with Gasteiger partial charge in [0.1, 0.15) is 6.61 Å². The van der Waals surface area contributed by atoms with Crippen molar-refractivity contribution >= 4 is 5.91 Å². The molecule has 1 fully saturated rings. The van der Waals surface area contributed by atoms with Crippen molar-refractivity contribution in [2.75, 3.05) is 26.9 Å². The highest BCUT2D eigenvalue weighted by molar-refractivity contribution is 5.77. The molecule has 1 aliphatic carbocycles. The maximum atomic E-state index is 11.4. The molecule has 0 spiro atoms. The lowest BCUT2D eigenvalue weighted by molar-refractivity contribution is -0.126. The molecular formula is C11H18N2O3. The van der Waals surface area contributed by atoms with E-state index >= 15 is 0 Å². The zero-order valence-electron chi connectivity index (χ0n) is 9.57. The molecule has 1 N–H and O–H groups in total. The number of nitrogens with zero attached hydrogens (tertiary/aromatic N) is 1. The number of ether oxygens (including phenoxy) is 2. The Hall–Kier alpha value is -1.12. The summed E-state index contributed by atoms with van der Waals surface area (Å²) < 4.78 is 9.89. The minimum absolute atomic E-state index is 0.00326. The van der Waals surface area contributed by atoms with Crippen LogP contribution < -0.4 is 5.32 Å². The molecule has 0 aliphatic heterocycles. The second-order valence-electron chi connectivity index (χ2n) is 3.89. The van der Waals surface area contributed by atoms with Gasteiger partial charge in [0.15, 0.2) is 0 Å². The fourth-order valence-electron chi connectivity index (χ4n) is 1.84. The Balaban J connectivity index is 2.16. The highest BCUT2D eigenvalue weighted by atomic mass is 16.5. The van der Waals surface area contributed by atoms with Crippen LogP contribution in [0, 0.1) is 17.2 Å². The van der Waals surface area contributed by atoms with E-state index in [4.69, 9.17) is 14.7 Å². The summed E-state index contributed by atoms with van der Waals surface area (Å²) in [4.78, 5) is 11.4. The lowest BCUT2D eigenvalue weighted by atomic mass is 10.1. The van der Waals surface area contributed by atoms with E-state index in [1.165, 1.54) is 0 Å². The molecular weight excluding hydrogens is 208 g/mol. The predicted molar refractivity (Wildman–Crippen MR) is 57.6 cm³/mol. The molecule has 0 aromatic heterocycles. The molecule has 1 rings (SSSR count). The number of amides is 1. The number of carbonyl (C=O) groups is 1. The fourth-order valence-corrected chi connectivity index (χ4v) is 1.84. The smallest absolute Gasteiger partial charge is 0.246 e. The molecule has 0 saturated heterocycles. The highest BCUT2D eigenvalue weighted by Gasteiger charge is 2.28. The average molecular weight is 226 g/mol. The Kier molecular flexibility index (Phi) is 5.83. The molecule has 2 atom stereocenters. The van der Waals surface area contributed by atoms with Crippen molar-refractivity contribution in [2.24, 2.45) is 5.92 Å². The Labute approximate surface area is 95.7 Å². The molecule has 0 radical (unpaired) electrons. The normalized spacial score (nSPS) is 24.0. The van der Waals surface area contributed by atoms with Crippen LogP contribution in [0.25, 0.3) is 0 Å². The first-order chi connectivity index (χ1) is 7.77. The fraction of sp³-hybridized carbons (Fsp3) is 0.818. The van der Waals surface area contributed by atoms with E-state index in [0.29, 0.717) is 13.2 Å². The van der Waals surface area contributed by atoms with Crippen LogP contribution in [0.1, 0.15) is 19.3 Å². The summed E-state index contributed by atoms with van der Waals surface area (Å²) >= 11 is 0. The minimum atomic E-state index is -0.150. The Morgan fingerprint density at radius 1 is 1.50 bits per heavy atom. The van der Waals surface area contributed by atoms with Gasteiger partial charge in [-0.25, -0.2) is 0 Å². The van der Waals surface area contributed by atoms with Gasteiger partial charge in [-0.05, 0) is 19.3 Å². The van der Waals surface area contributed by atoms with Crippen LogP contribution in [0.3, 0.4) is 0 Å². The molecule has 90 valence electrons. The van der Waals surface area contributed by atoms with Crippen LogP contribution in [-0.2, 0) is 14.3 Å². The molecule has 1 saturated carbocycles. The summed E-state index contributed by atoms with van der Waals surface area (Å²) in [7, 11) is 1.58. The van der Waals surface area contributed by atoms with E-state index in [0.717, 1.165) is 19.3 Å². The molecule has 1 aliphatic rings. The lowest BCUT2D eigenvalue weighted by Crippen LogP contribution is -2.39. The van der Waals surface area contributed by atoms with Crippen molar-refractivity contribution in [3.63, 3.8) is 0 Å². The Morgan fingerprint density at radius 3 is 3.00 bits per heavy atom. The van der Waals surface area contributed by atoms with Crippen molar-refractivity contribution in [3.05, 3.63) is 0 Å². The van der Waals surface area contributed by atoms with Gasteiger partial charge in [0.25, 0.3) is 0 Å². The zero-order chi connectivity index (χ0) is 11.8. The Bertz CT molecular complexity index is 262. The van der Waals surface area contributed by atoms with E-state index in [2.05, 4.69) is 11.4 Å². The quantitative estimate of drug-likeness (QED) is 0.668. The maximum Gasteiger partial charge on any atom is 0.246 e. The summed E-state index contributed by atoms with van der Waals surface area (Å²) in [5.74, 6) is -0.189. The summed E-state index contributed by atoms with van der Waals surface area (Å²) in [5, 5.41) is 11.7. The van der Waals surface area contributed by atoms with Crippen molar-refractivity contribution in [3.8, 4) is 6.07 Å². The summed E-state index contributed by atoms with van der Waals surface area (Å²) in [5.41, 5.74) is 0. The number of rotatable bonds is 6. The van der Waals surface area contributed by atoms with Gasteiger partial charge in [-0.1, -0.05) is 0 Å². The van der Waals surface area contributed by atoms with Gasteiger partial charge in [-0.2, -0.15) is 5.26 Å². The van der Waals surface area contributed by atoms with Crippen molar-refractivity contribution in [1.82, 2.24) is 5.32 Å². The first-order valence-corrected chi connectivity index (χ1v) is 5.53. The van der Waals surface area contributed by atoms with Gasteiger partial charge in [0.05, 0.1) is 25.2 Å². The molecule has 0 heterocycles.